The topological polar surface area (TPSA) is 72.2 Å². The fourth-order valence-corrected chi connectivity index (χ4v) is 3.00. The van der Waals surface area contributed by atoms with Gasteiger partial charge in [0.2, 0.25) is 10.0 Å². The number of sulfonamides is 1. The molecule has 0 bridgehead atoms. The first-order valence-electron chi connectivity index (χ1n) is 6.31. The first-order valence-corrected chi connectivity index (χ1v) is 9.08. The molecular formula is C13H22N2O2S2. The molecule has 0 spiro atoms. The number of thioether (sulfide) groups is 1. The fraction of sp³-hybridized carbons (Fsp3) is 0.538. The predicted molar refractivity (Wildman–Crippen MR) is 82.0 cm³/mol. The van der Waals surface area contributed by atoms with Crippen molar-refractivity contribution in [2.75, 3.05) is 19.3 Å². The molecule has 0 heterocycles. The second kappa shape index (κ2) is 7.89. The fourth-order valence-electron chi connectivity index (χ4n) is 1.60. The van der Waals surface area contributed by atoms with E-state index < -0.39 is 10.0 Å². The van der Waals surface area contributed by atoms with Gasteiger partial charge in [-0.1, -0.05) is 19.1 Å². The number of nitrogens with one attached hydrogen (secondary N) is 1. The number of rotatable bonds is 8. The largest absolute Gasteiger partial charge is 0.330 e. The molecule has 1 atom stereocenters. The van der Waals surface area contributed by atoms with Crippen molar-refractivity contribution in [2.24, 2.45) is 5.73 Å². The normalized spacial score (nSPS) is 13.4. The Morgan fingerprint density at radius 3 is 2.47 bits per heavy atom. The van der Waals surface area contributed by atoms with E-state index in [0.717, 1.165) is 18.4 Å². The lowest BCUT2D eigenvalue weighted by molar-refractivity contribution is 0.579. The minimum atomic E-state index is -3.39. The Kier molecular flexibility index (Phi) is 6.85. The highest BCUT2D eigenvalue weighted by Crippen LogP contribution is 2.12. The van der Waals surface area contributed by atoms with Gasteiger partial charge in [0.1, 0.15) is 0 Å². The quantitative estimate of drug-likeness (QED) is 0.765. The smallest absolute Gasteiger partial charge is 0.240 e. The van der Waals surface area contributed by atoms with E-state index >= 15 is 0 Å². The lowest BCUT2D eigenvalue weighted by atomic mass is 10.2. The second-order valence-corrected chi connectivity index (χ2v) is 7.46. The van der Waals surface area contributed by atoms with Crippen LogP contribution in [0.4, 0.5) is 0 Å². The van der Waals surface area contributed by atoms with E-state index in [-0.39, 0.29) is 0 Å². The standard InChI is InChI=1S/C13H22N2O2S2/c1-11(18-2)8-10-15-19(16,17)13-5-3-12(4-6-13)7-9-14/h3-6,11,15H,7-10,14H2,1-2H3. The van der Waals surface area contributed by atoms with Crippen LogP contribution < -0.4 is 10.5 Å². The molecule has 108 valence electrons. The summed E-state index contributed by atoms with van der Waals surface area (Å²) in [5.74, 6) is 0. The van der Waals surface area contributed by atoms with E-state index in [9.17, 15) is 8.42 Å². The summed E-state index contributed by atoms with van der Waals surface area (Å²) in [6, 6.07) is 6.88. The first kappa shape index (κ1) is 16.5. The molecule has 4 nitrogen and oxygen atoms in total. The maximum Gasteiger partial charge on any atom is 0.240 e. The van der Waals surface area contributed by atoms with Crippen LogP contribution in [0.15, 0.2) is 29.2 Å². The second-order valence-electron chi connectivity index (χ2n) is 4.42. The third kappa shape index (κ3) is 5.52. The van der Waals surface area contributed by atoms with Crippen LogP contribution in [0.5, 0.6) is 0 Å². The third-order valence-electron chi connectivity index (χ3n) is 2.91. The Hall–Kier alpha value is -0.560. The monoisotopic (exact) mass is 302 g/mol. The Bertz CT molecular complexity index is 472. The highest BCUT2D eigenvalue weighted by molar-refractivity contribution is 7.99. The summed E-state index contributed by atoms with van der Waals surface area (Å²) in [5.41, 5.74) is 6.51. The van der Waals surface area contributed by atoms with Gasteiger partial charge in [-0.15, -0.1) is 0 Å². The summed E-state index contributed by atoms with van der Waals surface area (Å²) < 4.78 is 26.7. The highest BCUT2D eigenvalue weighted by atomic mass is 32.2. The number of nitrogens with two attached hydrogens (primary N) is 1. The van der Waals surface area contributed by atoms with Gasteiger partial charge >= 0.3 is 0 Å². The molecule has 0 saturated heterocycles. The van der Waals surface area contributed by atoms with Gasteiger partial charge in [-0.3, -0.25) is 0 Å². The molecule has 1 rings (SSSR count). The number of benzene rings is 1. The summed E-state index contributed by atoms with van der Waals surface area (Å²) in [6.45, 7) is 3.12. The molecule has 0 aliphatic carbocycles. The molecule has 0 fully saturated rings. The lowest BCUT2D eigenvalue weighted by Crippen LogP contribution is -2.26. The van der Waals surface area contributed by atoms with Crippen molar-refractivity contribution in [3.05, 3.63) is 29.8 Å². The van der Waals surface area contributed by atoms with E-state index in [1.807, 2.05) is 18.4 Å². The van der Waals surface area contributed by atoms with Gasteiger partial charge in [0.15, 0.2) is 0 Å². The van der Waals surface area contributed by atoms with Crippen LogP contribution in [0, 0.1) is 0 Å². The molecule has 0 aliphatic heterocycles. The molecule has 1 unspecified atom stereocenters. The molecule has 0 amide bonds. The van der Waals surface area contributed by atoms with Crippen molar-refractivity contribution < 1.29 is 8.42 Å². The molecule has 0 aromatic heterocycles. The average molecular weight is 302 g/mol. The molecular weight excluding hydrogens is 280 g/mol. The molecule has 3 N–H and O–H groups in total. The Balaban J connectivity index is 2.61. The van der Waals surface area contributed by atoms with Crippen molar-refractivity contribution in [1.82, 2.24) is 4.72 Å². The minimum absolute atomic E-state index is 0.310. The van der Waals surface area contributed by atoms with Gasteiger partial charge in [-0.2, -0.15) is 11.8 Å². The average Bonchev–Trinajstić information content (AvgIpc) is 2.39. The lowest BCUT2D eigenvalue weighted by Gasteiger charge is -2.10. The van der Waals surface area contributed by atoms with E-state index in [2.05, 4.69) is 11.6 Å². The molecule has 0 radical (unpaired) electrons. The van der Waals surface area contributed by atoms with Gasteiger partial charge in [0.05, 0.1) is 4.90 Å². The van der Waals surface area contributed by atoms with E-state index in [1.54, 1.807) is 23.9 Å². The van der Waals surface area contributed by atoms with Crippen molar-refractivity contribution in [1.29, 1.82) is 0 Å². The molecule has 1 aromatic rings. The maximum atomic E-state index is 12.0. The third-order valence-corrected chi connectivity index (χ3v) is 5.43. The van der Waals surface area contributed by atoms with Gasteiger partial charge in [0.25, 0.3) is 0 Å². The van der Waals surface area contributed by atoms with E-state index in [4.69, 9.17) is 5.73 Å². The summed E-state index contributed by atoms with van der Waals surface area (Å²) in [5, 5.41) is 0.453. The summed E-state index contributed by atoms with van der Waals surface area (Å²) in [6.07, 6.45) is 3.61. The zero-order valence-corrected chi connectivity index (χ0v) is 13.1. The predicted octanol–water partition coefficient (Wildman–Crippen LogP) is 1.61. The van der Waals surface area contributed by atoms with Crippen LogP contribution >= 0.6 is 11.8 Å². The Morgan fingerprint density at radius 2 is 1.95 bits per heavy atom. The van der Waals surface area contributed by atoms with Crippen LogP contribution in [0.25, 0.3) is 0 Å². The Labute approximate surface area is 120 Å². The van der Waals surface area contributed by atoms with Gasteiger partial charge in [-0.25, -0.2) is 13.1 Å². The Morgan fingerprint density at radius 1 is 1.32 bits per heavy atom. The van der Waals surface area contributed by atoms with Crippen molar-refractivity contribution in [3.63, 3.8) is 0 Å². The highest BCUT2D eigenvalue weighted by Gasteiger charge is 2.13. The summed E-state index contributed by atoms with van der Waals surface area (Å²) in [4.78, 5) is 0.310. The van der Waals surface area contributed by atoms with E-state index in [0.29, 0.717) is 23.2 Å². The molecule has 1 aromatic carbocycles. The minimum Gasteiger partial charge on any atom is -0.330 e. The van der Waals surface area contributed by atoms with Crippen LogP contribution in [0.1, 0.15) is 18.9 Å². The maximum absolute atomic E-state index is 12.0. The van der Waals surface area contributed by atoms with Gasteiger partial charge in [-0.05, 0) is 43.3 Å². The molecule has 19 heavy (non-hydrogen) atoms. The molecule has 6 heteroatoms. The van der Waals surface area contributed by atoms with Gasteiger partial charge in [0, 0.05) is 11.8 Å². The first-order chi connectivity index (χ1) is 8.99. The van der Waals surface area contributed by atoms with Crippen molar-refractivity contribution >= 4 is 21.8 Å². The van der Waals surface area contributed by atoms with Crippen LogP contribution in [-0.4, -0.2) is 33.0 Å². The van der Waals surface area contributed by atoms with Gasteiger partial charge < -0.3 is 5.73 Å². The van der Waals surface area contributed by atoms with Crippen molar-refractivity contribution in [2.45, 2.75) is 29.9 Å². The molecule has 0 saturated carbocycles. The van der Waals surface area contributed by atoms with Crippen LogP contribution in [0.3, 0.4) is 0 Å². The number of hydrogen-bond acceptors (Lipinski definition) is 4. The van der Waals surface area contributed by atoms with E-state index in [1.165, 1.54) is 0 Å². The van der Waals surface area contributed by atoms with Crippen molar-refractivity contribution in [3.8, 4) is 0 Å². The SMILES string of the molecule is CSC(C)CCNS(=O)(=O)c1ccc(CCN)cc1. The van der Waals surface area contributed by atoms with Crippen LogP contribution in [-0.2, 0) is 16.4 Å². The summed E-state index contributed by atoms with van der Waals surface area (Å²) in [7, 11) is -3.39. The summed E-state index contributed by atoms with van der Waals surface area (Å²) >= 11 is 1.73. The number of hydrogen-bond donors (Lipinski definition) is 2. The van der Waals surface area contributed by atoms with Crippen LogP contribution in [0.2, 0.25) is 0 Å². The zero-order valence-electron chi connectivity index (χ0n) is 11.4. The molecule has 0 aliphatic rings. The zero-order chi connectivity index (χ0) is 14.3.